The van der Waals surface area contributed by atoms with E-state index in [0.717, 1.165) is 12.0 Å². The molecule has 1 aromatic carbocycles. The highest BCUT2D eigenvalue weighted by Crippen LogP contribution is 2.00. The van der Waals surface area contributed by atoms with Gasteiger partial charge in [-0.25, -0.2) is 9.79 Å². The third-order valence-electron chi connectivity index (χ3n) is 1.73. The standard InChI is InChI=1S/C11H13NO2/c13-10-12-7-4-8-14-9-11-5-2-1-3-6-11/h1-3,5-6H,4,7-9H2. The Morgan fingerprint density at radius 1 is 1.29 bits per heavy atom. The van der Waals surface area contributed by atoms with Gasteiger partial charge in [0.1, 0.15) is 0 Å². The molecule has 1 aromatic rings. The number of rotatable bonds is 6. The maximum Gasteiger partial charge on any atom is 0.234 e. The third-order valence-corrected chi connectivity index (χ3v) is 1.73. The molecule has 0 bridgehead atoms. The molecule has 0 N–H and O–H groups in total. The maximum atomic E-state index is 9.73. The molecule has 0 saturated carbocycles. The number of isocyanates is 1. The first kappa shape index (κ1) is 10.6. The summed E-state index contributed by atoms with van der Waals surface area (Å²) in [4.78, 5) is 13.2. The summed E-state index contributed by atoms with van der Waals surface area (Å²) in [6.45, 7) is 1.74. The van der Waals surface area contributed by atoms with Crippen LogP contribution < -0.4 is 0 Å². The third kappa shape index (κ3) is 4.55. The fourth-order valence-electron chi connectivity index (χ4n) is 1.06. The first-order chi connectivity index (χ1) is 6.93. The number of nitrogens with zero attached hydrogens (tertiary/aromatic N) is 1. The number of hydrogen-bond acceptors (Lipinski definition) is 3. The molecule has 3 heteroatoms. The normalized spacial score (nSPS) is 9.43. The van der Waals surface area contributed by atoms with Gasteiger partial charge in [-0.15, -0.1) is 0 Å². The van der Waals surface area contributed by atoms with Crippen molar-refractivity contribution in [3.63, 3.8) is 0 Å². The molecule has 0 heterocycles. The van der Waals surface area contributed by atoms with Gasteiger partial charge in [-0.3, -0.25) is 0 Å². The van der Waals surface area contributed by atoms with Gasteiger partial charge in [-0.1, -0.05) is 30.3 Å². The summed E-state index contributed by atoms with van der Waals surface area (Å²) in [7, 11) is 0. The summed E-state index contributed by atoms with van der Waals surface area (Å²) < 4.78 is 5.38. The smallest absolute Gasteiger partial charge is 0.234 e. The van der Waals surface area contributed by atoms with E-state index in [-0.39, 0.29) is 0 Å². The topological polar surface area (TPSA) is 38.7 Å². The van der Waals surface area contributed by atoms with Crippen LogP contribution in [-0.2, 0) is 16.1 Å². The van der Waals surface area contributed by atoms with Gasteiger partial charge >= 0.3 is 0 Å². The Morgan fingerprint density at radius 2 is 2.07 bits per heavy atom. The van der Waals surface area contributed by atoms with Crippen molar-refractivity contribution in [3.8, 4) is 0 Å². The van der Waals surface area contributed by atoms with E-state index in [1.54, 1.807) is 0 Å². The lowest BCUT2D eigenvalue weighted by Gasteiger charge is -2.02. The monoisotopic (exact) mass is 191 g/mol. The molecule has 0 amide bonds. The van der Waals surface area contributed by atoms with E-state index in [2.05, 4.69) is 4.99 Å². The molecule has 0 saturated heterocycles. The van der Waals surface area contributed by atoms with Crippen LogP contribution in [-0.4, -0.2) is 19.2 Å². The summed E-state index contributed by atoms with van der Waals surface area (Å²) in [5, 5.41) is 0. The van der Waals surface area contributed by atoms with Crippen molar-refractivity contribution in [2.75, 3.05) is 13.2 Å². The van der Waals surface area contributed by atoms with E-state index < -0.39 is 0 Å². The predicted octanol–water partition coefficient (Wildman–Crippen LogP) is 1.93. The van der Waals surface area contributed by atoms with Crippen LogP contribution in [0.2, 0.25) is 0 Å². The Morgan fingerprint density at radius 3 is 2.79 bits per heavy atom. The molecule has 14 heavy (non-hydrogen) atoms. The highest BCUT2D eigenvalue weighted by molar-refractivity contribution is 5.32. The van der Waals surface area contributed by atoms with Crippen molar-refractivity contribution in [3.05, 3.63) is 35.9 Å². The van der Waals surface area contributed by atoms with Crippen molar-refractivity contribution in [2.45, 2.75) is 13.0 Å². The SMILES string of the molecule is O=C=NCCCOCc1ccccc1. The number of ether oxygens (including phenoxy) is 1. The lowest BCUT2D eigenvalue weighted by molar-refractivity contribution is 0.120. The molecule has 0 spiro atoms. The van der Waals surface area contributed by atoms with Gasteiger partial charge in [0.05, 0.1) is 13.2 Å². The van der Waals surface area contributed by atoms with E-state index in [1.165, 1.54) is 6.08 Å². The average Bonchev–Trinajstić information content (AvgIpc) is 2.25. The molecule has 0 aromatic heterocycles. The van der Waals surface area contributed by atoms with Crippen molar-refractivity contribution >= 4 is 6.08 Å². The summed E-state index contributed by atoms with van der Waals surface area (Å²) in [5.41, 5.74) is 1.16. The van der Waals surface area contributed by atoms with Crippen LogP contribution in [0.5, 0.6) is 0 Å². The highest BCUT2D eigenvalue weighted by atomic mass is 16.5. The largest absolute Gasteiger partial charge is 0.377 e. The Bertz CT molecular complexity index is 291. The fourth-order valence-corrected chi connectivity index (χ4v) is 1.06. The first-order valence-corrected chi connectivity index (χ1v) is 4.59. The van der Waals surface area contributed by atoms with Crippen LogP contribution in [0.15, 0.2) is 35.3 Å². The minimum absolute atomic E-state index is 0.498. The number of aliphatic imine (C=N–C) groups is 1. The lowest BCUT2D eigenvalue weighted by Crippen LogP contribution is -1.96. The Hall–Kier alpha value is -1.44. The first-order valence-electron chi connectivity index (χ1n) is 4.59. The van der Waals surface area contributed by atoms with Gasteiger partial charge in [-0.05, 0) is 12.0 Å². The molecule has 0 aliphatic carbocycles. The van der Waals surface area contributed by atoms with Crippen molar-refractivity contribution in [1.82, 2.24) is 0 Å². The molecular weight excluding hydrogens is 178 g/mol. The van der Waals surface area contributed by atoms with Gasteiger partial charge in [0.2, 0.25) is 6.08 Å². The minimum Gasteiger partial charge on any atom is -0.377 e. The Balaban J connectivity index is 2.07. The molecule has 0 aliphatic heterocycles. The van der Waals surface area contributed by atoms with Crippen LogP contribution in [0.3, 0.4) is 0 Å². The predicted molar refractivity (Wildman–Crippen MR) is 53.7 cm³/mol. The van der Waals surface area contributed by atoms with Crippen molar-refractivity contribution < 1.29 is 9.53 Å². The van der Waals surface area contributed by atoms with Gasteiger partial charge in [-0.2, -0.15) is 0 Å². The lowest BCUT2D eigenvalue weighted by atomic mass is 10.2. The molecule has 0 atom stereocenters. The average molecular weight is 191 g/mol. The van der Waals surface area contributed by atoms with Crippen LogP contribution in [0.25, 0.3) is 0 Å². The second kappa shape index (κ2) is 7.01. The zero-order chi connectivity index (χ0) is 10.1. The van der Waals surface area contributed by atoms with Crippen molar-refractivity contribution in [2.24, 2.45) is 4.99 Å². The maximum absolute atomic E-state index is 9.73. The molecule has 0 unspecified atom stereocenters. The number of hydrogen-bond donors (Lipinski definition) is 0. The zero-order valence-corrected chi connectivity index (χ0v) is 7.98. The van der Waals surface area contributed by atoms with Crippen LogP contribution >= 0.6 is 0 Å². The van der Waals surface area contributed by atoms with Crippen LogP contribution in [0, 0.1) is 0 Å². The Labute approximate surface area is 83.4 Å². The molecule has 74 valence electrons. The number of carbonyl (C=O) groups excluding carboxylic acids is 1. The molecule has 0 aliphatic rings. The van der Waals surface area contributed by atoms with Crippen molar-refractivity contribution in [1.29, 1.82) is 0 Å². The van der Waals surface area contributed by atoms with Gasteiger partial charge in [0, 0.05) is 6.61 Å². The summed E-state index contributed by atoms with van der Waals surface area (Å²) >= 11 is 0. The Kier molecular flexibility index (Phi) is 5.33. The summed E-state index contributed by atoms with van der Waals surface area (Å²) in [6.07, 6.45) is 2.26. The van der Waals surface area contributed by atoms with E-state index >= 15 is 0 Å². The van der Waals surface area contributed by atoms with Crippen LogP contribution in [0.4, 0.5) is 0 Å². The van der Waals surface area contributed by atoms with Gasteiger partial charge in [0.25, 0.3) is 0 Å². The molecule has 1 rings (SSSR count). The quantitative estimate of drug-likeness (QED) is 0.391. The van der Waals surface area contributed by atoms with Gasteiger partial charge < -0.3 is 4.74 Å². The molecule has 0 radical (unpaired) electrons. The molecule has 3 nitrogen and oxygen atoms in total. The van der Waals surface area contributed by atoms with E-state index in [4.69, 9.17) is 4.74 Å². The van der Waals surface area contributed by atoms with E-state index in [9.17, 15) is 4.79 Å². The summed E-state index contributed by atoms with van der Waals surface area (Å²) in [6, 6.07) is 9.97. The van der Waals surface area contributed by atoms with Gasteiger partial charge in [0.15, 0.2) is 0 Å². The van der Waals surface area contributed by atoms with Crippen LogP contribution in [0.1, 0.15) is 12.0 Å². The van der Waals surface area contributed by atoms with E-state index in [1.807, 2.05) is 30.3 Å². The fraction of sp³-hybridized carbons (Fsp3) is 0.364. The summed E-state index contributed by atoms with van der Waals surface area (Å²) in [5.74, 6) is 0. The molecular formula is C11H13NO2. The van der Waals surface area contributed by atoms with E-state index in [0.29, 0.717) is 19.8 Å². The zero-order valence-electron chi connectivity index (χ0n) is 7.98. The molecule has 0 fully saturated rings. The minimum atomic E-state index is 0.498. The highest BCUT2D eigenvalue weighted by Gasteiger charge is 1.91. The second-order valence-electron chi connectivity index (χ2n) is 2.86. The number of benzene rings is 1. The second-order valence-corrected chi connectivity index (χ2v) is 2.86.